The third-order valence-electron chi connectivity index (χ3n) is 2.73. The first kappa shape index (κ1) is 12.2. The van der Waals surface area contributed by atoms with Crippen molar-refractivity contribution in [3.63, 3.8) is 0 Å². The molecule has 0 aromatic heterocycles. The molecule has 1 atom stereocenters. The molecule has 0 bridgehead atoms. The summed E-state index contributed by atoms with van der Waals surface area (Å²) in [6.45, 7) is 1.33. The molecule has 0 radical (unpaired) electrons. The number of anilines is 1. The SMILES string of the molecule is Nc1ccc(Cl)c(C(=O)NC2CCCOC2)c1. The van der Waals surface area contributed by atoms with Gasteiger partial charge in [-0.2, -0.15) is 0 Å². The van der Waals surface area contributed by atoms with Crippen molar-refractivity contribution in [2.24, 2.45) is 0 Å². The van der Waals surface area contributed by atoms with Gasteiger partial charge in [0.15, 0.2) is 0 Å². The zero-order chi connectivity index (χ0) is 12.3. The standard InChI is InChI=1S/C12H15ClN2O2/c13-11-4-3-8(14)6-10(11)12(16)15-9-2-1-5-17-7-9/h3-4,6,9H,1-2,5,7,14H2,(H,15,16). The fourth-order valence-corrected chi connectivity index (χ4v) is 2.04. The highest BCUT2D eigenvalue weighted by molar-refractivity contribution is 6.34. The van der Waals surface area contributed by atoms with Gasteiger partial charge in [0.25, 0.3) is 5.91 Å². The summed E-state index contributed by atoms with van der Waals surface area (Å²) in [5.41, 5.74) is 6.58. The van der Waals surface area contributed by atoms with Gasteiger partial charge in [0.05, 0.1) is 23.2 Å². The van der Waals surface area contributed by atoms with Gasteiger partial charge in [-0.25, -0.2) is 0 Å². The number of halogens is 1. The maximum Gasteiger partial charge on any atom is 0.253 e. The summed E-state index contributed by atoms with van der Waals surface area (Å²) in [6.07, 6.45) is 1.90. The Kier molecular flexibility index (Phi) is 3.86. The number of ether oxygens (including phenoxy) is 1. The van der Waals surface area contributed by atoms with E-state index in [1.807, 2.05) is 0 Å². The number of carbonyl (C=O) groups is 1. The first-order chi connectivity index (χ1) is 8.16. The molecule has 1 aliphatic heterocycles. The minimum atomic E-state index is -0.196. The summed E-state index contributed by atoms with van der Waals surface area (Å²) in [4.78, 5) is 12.0. The number of carbonyl (C=O) groups excluding carboxylic acids is 1. The molecule has 4 nitrogen and oxygen atoms in total. The van der Waals surface area contributed by atoms with Gasteiger partial charge in [0.1, 0.15) is 0 Å². The van der Waals surface area contributed by atoms with E-state index in [0.29, 0.717) is 22.9 Å². The van der Waals surface area contributed by atoms with Crippen molar-refractivity contribution in [1.82, 2.24) is 5.32 Å². The third-order valence-corrected chi connectivity index (χ3v) is 3.06. The molecule has 1 unspecified atom stereocenters. The van der Waals surface area contributed by atoms with Crippen molar-refractivity contribution < 1.29 is 9.53 Å². The third kappa shape index (κ3) is 3.11. The molecule has 0 spiro atoms. The zero-order valence-corrected chi connectivity index (χ0v) is 10.2. The van der Waals surface area contributed by atoms with E-state index in [4.69, 9.17) is 22.1 Å². The summed E-state index contributed by atoms with van der Waals surface area (Å²) >= 11 is 5.96. The number of rotatable bonds is 2. The normalized spacial score (nSPS) is 19.9. The van der Waals surface area contributed by atoms with E-state index in [0.717, 1.165) is 19.4 Å². The molecule has 0 saturated carbocycles. The van der Waals surface area contributed by atoms with Gasteiger partial charge in [0, 0.05) is 12.3 Å². The lowest BCUT2D eigenvalue weighted by molar-refractivity contribution is 0.0624. The summed E-state index contributed by atoms with van der Waals surface area (Å²) < 4.78 is 5.30. The smallest absolute Gasteiger partial charge is 0.253 e. The fourth-order valence-electron chi connectivity index (χ4n) is 1.83. The van der Waals surface area contributed by atoms with Gasteiger partial charge < -0.3 is 15.8 Å². The summed E-state index contributed by atoms with van der Waals surface area (Å²) in [6, 6.07) is 4.95. The van der Waals surface area contributed by atoms with Gasteiger partial charge in [-0.3, -0.25) is 4.79 Å². The van der Waals surface area contributed by atoms with Gasteiger partial charge in [-0.15, -0.1) is 0 Å². The van der Waals surface area contributed by atoms with Crippen LogP contribution in [0.25, 0.3) is 0 Å². The van der Waals surface area contributed by atoms with Crippen molar-refractivity contribution in [3.8, 4) is 0 Å². The second-order valence-corrected chi connectivity index (χ2v) is 4.53. The fraction of sp³-hybridized carbons (Fsp3) is 0.417. The van der Waals surface area contributed by atoms with Crippen LogP contribution in [0.5, 0.6) is 0 Å². The van der Waals surface area contributed by atoms with Crippen LogP contribution >= 0.6 is 11.6 Å². The quantitative estimate of drug-likeness (QED) is 0.792. The Labute approximate surface area is 105 Å². The molecule has 1 fully saturated rings. The molecule has 1 saturated heterocycles. The van der Waals surface area contributed by atoms with Gasteiger partial charge >= 0.3 is 0 Å². The lowest BCUT2D eigenvalue weighted by Crippen LogP contribution is -2.40. The number of hydrogen-bond acceptors (Lipinski definition) is 3. The molecule has 1 aromatic rings. The molecule has 1 amide bonds. The van der Waals surface area contributed by atoms with E-state index in [1.54, 1.807) is 18.2 Å². The van der Waals surface area contributed by atoms with Crippen molar-refractivity contribution in [1.29, 1.82) is 0 Å². The van der Waals surface area contributed by atoms with Crippen LogP contribution in [0, 0.1) is 0 Å². The van der Waals surface area contributed by atoms with Gasteiger partial charge in [-0.1, -0.05) is 11.6 Å². The van der Waals surface area contributed by atoms with Crippen LogP contribution in [0.4, 0.5) is 5.69 Å². The molecule has 17 heavy (non-hydrogen) atoms. The number of nitrogen functional groups attached to an aromatic ring is 1. The van der Waals surface area contributed by atoms with Gasteiger partial charge in [-0.05, 0) is 31.0 Å². The van der Waals surface area contributed by atoms with E-state index in [1.165, 1.54) is 0 Å². The molecule has 92 valence electrons. The van der Waals surface area contributed by atoms with E-state index in [2.05, 4.69) is 5.32 Å². The minimum absolute atomic E-state index is 0.0637. The van der Waals surface area contributed by atoms with Crippen molar-refractivity contribution in [3.05, 3.63) is 28.8 Å². The van der Waals surface area contributed by atoms with E-state index >= 15 is 0 Å². The summed E-state index contributed by atoms with van der Waals surface area (Å²) in [7, 11) is 0. The Hall–Kier alpha value is -1.26. The molecule has 5 heteroatoms. The average molecular weight is 255 g/mol. The van der Waals surface area contributed by atoms with Crippen LogP contribution in [-0.2, 0) is 4.74 Å². The van der Waals surface area contributed by atoms with Crippen molar-refractivity contribution in [2.45, 2.75) is 18.9 Å². The number of nitrogens with one attached hydrogen (secondary N) is 1. The maximum absolute atomic E-state index is 12.0. The van der Waals surface area contributed by atoms with Crippen molar-refractivity contribution >= 4 is 23.2 Å². The molecular formula is C12H15ClN2O2. The van der Waals surface area contributed by atoms with E-state index in [9.17, 15) is 4.79 Å². The van der Waals surface area contributed by atoms with Crippen LogP contribution in [0.3, 0.4) is 0 Å². The second-order valence-electron chi connectivity index (χ2n) is 4.13. The van der Waals surface area contributed by atoms with Crippen LogP contribution in [0.2, 0.25) is 5.02 Å². The van der Waals surface area contributed by atoms with E-state index in [-0.39, 0.29) is 11.9 Å². The first-order valence-electron chi connectivity index (χ1n) is 5.60. The Morgan fingerprint density at radius 1 is 1.53 bits per heavy atom. The first-order valence-corrected chi connectivity index (χ1v) is 5.98. The monoisotopic (exact) mass is 254 g/mol. The predicted octanol–water partition coefficient (Wildman–Crippen LogP) is 1.83. The largest absolute Gasteiger partial charge is 0.399 e. The second kappa shape index (κ2) is 5.38. The Morgan fingerprint density at radius 3 is 3.06 bits per heavy atom. The molecule has 1 aromatic carbocycles. The highest BCUT2D eigenvalue weighted by Gasteiger charge is 2.18. The Bertz CT molecular complexity index is 417. The lowest BCUT2D eigenvalue weighted by atomic mass is 10.1. The number of nitrogens with two attached hydrogens (primary N) is 1. The Balaban J connectivity index is 2.05. The molecule has 3 N–H and O–H groups in total. The molecular weight excluding hydrogens is 240 g/mol. The van der Waals surface area contributed by atoms with Crippen LogP contribution in [-0.4, -0.2) is 25.2 Å². The maximum atomic E-state index is 12.0. The lowest BCUT2D eigenvalue weighted by Gasteiger charge is -2.23. The van der Waals surface area contributed by atoms with Gasteiger partial charge in [0.2, 0.25) is 0 Å². The summed E-state index contributed by atoms with van der Waals surface area (Å²) in [5, 5.41) is 3.31. The molecule has 1 heterocycles. The zero-order valence-electron chi connectivity index (χ0n) is 9.41. The number of benzene rings is 1. The predicted molar refractivity (Wildman–Crippen MR) is 67.2 cm³/mol. The highest BCUT2D eigenvalue weighted by Crippen LogP contribution is 2.19. The number of amides is 1. The Morgan fingerprint density at radius 2 is 2.35 bits per heavy atom. The van der Waals surface area contributed by atoms with E-state index < -0.39 is 0 Å². The highest BCUT2D eigenvalue weighted by atomic mass is 35.5. The number of hydrogen-bond donors (Lipinski definition) is 2. The minimum Gasteiger partial charge on any atom is -0.399 e. The topological polar surface area (TPSA) is 64.4 Å². The molecule has 2 rings (SSSR count). The molecule has 0 aliphatic carbocycles. The van der Waals surface area contributed by atoms with Crippen LogP contribution < -0.4 is 11.1 Å². The van der Waals surface area contributed by atoms with Crippen LogP contribution in [0.15, 0.2) is 18.2 Å². The van der Waals surface area contributed by atoms with Crippen LogP contribution in [0.1, 0.15) is 23.2 Å². The molecule has 1 aliphatic rings. The average Bonchev–Trinajstić information content (AvgIpc) is 2.33. The summed E-state index contributed by atoms with van der Waals surface area (Å²) in [5.74, 6) is -0.196. The van der Waals surface area contributed by atoms with Crippen molar-refractivity contribution in [2.75, 3.05) is 18.9 Å².